The summed E-state index contributed by atoms with van der Waals surface area (Å²) in [6.07, 6.45) is 2.08. The number of carbonyl (C=O) groups excluding carboxylic acids is 1. The first-order valence-electron chi connectivity index (χ1n) is 13.6. The summed E-state index contributed by atoms with van der Waals surface area (Å²) >= 11 is 0. The van der Waals surface area contributed by atoms with E-state index in [0.717, 1.165) is 25.7 Å². The van der Waals surface area contributed by atoms with Crippen LogP contribution in [0.4, 0.5) is 17.6 Å². The molecule has 1 aliphatic carbocycles. The van der Waals surface area contributed by atoms with Crippen LogP contribution >= 0.6 is 0 Å². The van der Waals surface area contributed by atoms with E-state index in [9.17, 15) is 22.4 Å². The molecule has 3 fully saturated rings. The lowest BCUT2D eigenvalue weighted by molar-refractivity contribution is -0.256. The first kappa shape index (κ1) is 26.9. The highest BCUT2D eigenvalue weighted by Crippen LogP contribution is 2.53. The molecular formula is C29H35F4N3O2. The molecule has 2 saturated heterocycles. The number of carbonyl (C=O) groups is 1. The van der Waals surface area contributed by atoms with Crippen LogP contribution in [0.15, 0.2) is 36.5 Å². The summed E-state index contributed by atoms with van der Waals surface area (Å²) in [5.74, 6) is 0.0730. The van der Waals surface area contributed by atoms with E-state index in [2.05, 4.69) is 4.98 Å². The molecule has 1 aromatic carbocycles. The molecule has 5 nitrogen and oxygen atoms in total. The predicted octanol–water partition coefficient (Wildman–Crippen LogP) is 6.34. The van der Waals surface area contributed by atoms with Crippen molar-refractivity contribution in [3.05, 3.63) is 47.9 Å². The van der Waals surface area contributed by atoms with E-state index in [-0.39, 0.29) is 37.3 Å². The maximum Gasteiger partial charge on any atom is 0.395 e. The Balaban J connectivity index is 1.11. The standard InChI is InChI=1S/C29H35F4N3O2/c1-20-4-2-13-36(20)27(37)22-5-7-24(25(30)16-22)23-6-8-26(34-17-23)38-18-21-9-14-35(15-10-21)19-28(11-3-12-28)29(31,32)33/h5-8,16-17,20-21H,2-4,9-15,18-19H2,1H3/t20-/m0/s1. The minimum Gasteiger partial charge on any atom is -0.477 e. The smallest absolute Gasteiger partial charge is 0.395 e. The van der Waals surface area contributed by atoms with Crippen LogP contribution in [0.25, 0.3) is 11.1 Å². The van der Waals surface area contributed by atoms with Crippen LogP contribution in [-0.2, 0) is 0 Å². The number of amides is 1. The Labute approximate surface area is 221 Å². The molecule has 206 valence electrons. The molecular weight excluding hydrogens is 498 g/mol. The monoisotopic (exact) mass is 533 g/mol. The van der Waals surface area contributed by atoms with Gasteiger partial charge in [0.15, 0.2) is 0 Å². The van der Waals surface area contributed by atoms with Crippen LogP contribution < -0.4 is 4.74 Å². The Hall–Kier alpha value is -2.68. The molecule has 1 saturated carbocycles. The van der Waals surface area contributed by atoms with Crippen molar-refractivity contribution >= 4 is 5.91 Å². The third-order valence-electron chi connectivity index (χ3n) is 8.69. The molecule has 3 aliphatic rings. The molecule has 0 radical (unpaired) electrons. The van der Waals surface area contributed by atoms with Gasteiger partial charge >= 0.3 is 6.18 Å². The van der Waals surface area contributed by atoms with Gasteiger partial charge in [-0.05, 0) is 82.7 Å². The fourth-order valence-electron chi connectivity index (χ4n) is 5.99. The van der Waals surface area contributed by atoms with Gasteiger partial charge < -0.3 is 14.5 Å². The number of halogens is 4. The summed E-state index contributed by atoms with van der Waals surface area (Å²) in [6, 6.07) is 8.16. The number of piperidine rings is 1. The van der Waals surface area contributed by atoms with E-state index < -0.39 is 17.4 Å². The Morgan fingerprint density at radius 2 is 1.84 bits per heavy atom. The van der Waals surface area contributed by atoms with Gasteiger partial charge in [-0.2, -0.15) is 13.2 Å². The summed E-state index contributed by atoms with van der Waals surface area (Å²) in [5.41, 5.74) is -0.207. The molecule has 0 bridgehead atoms. The van der Waals surface area contributed by atoms with Crippen LogP contribution in [0.2, 0.25) is 0 Å². The van der Waals surface area contributed by atoms with Gasteiger partial charge in [0, 0.05) is 48.1 Å². The molecule has 0 unspecified atom stereocenters. The number of aromatic nitrogens is 1. The zero-order valence-corrected chi connectivity index (χ0v) is 21.8. The lowest BCUT2D eigenvalue weighted by Crippen LogP contribution is -2.53. The van der Waals surface area contributed by atoms with Gasteiger partial charge in [-0.3, -0.25) is 4.79 Å². The van der Waals surface area contributed by atoms with Gasteiger partial charge in [0.25, 0.3) is 5.91 Å². The van der Waals surface area contributed by atoms with Crippen molar-refractivity contribution in [3.8, 4) is 17.0 Å². The number of ether oxygens (including phenoxy) is 1. The van der Waals surface area contributed by atoms with Crippen LogP contribution in [0, 0.1) is 17.2 Å². The van der Waals surface area contributed by atoms with Gasteiger partial charge in [-0.25, -0.2) is 9.37 Å². The van der Waals surface area contributed by atoms with Crippen molar-refractivity contribution in [2.45, 2.75) is 64.1 Å². The third-order valence-corrected chi connectivity index (χ3v) is 8.69. The van der Waals surface area contributed by atoms with Crippen molar-refractivity contribution in [2.75, 3.05) is 32.8 Å². The molecule has 0 spiro atoms. The SMILES string of the molecule is C[C@H]1CCCN1C(=O)c1ccc(-c2ccc(OCC3CCN(CC4(C(F)(F)F)CCC4)CC3)nc2)c(F)c1. The average molecular weight is 534 g/mol. The summed E-state index contributed by atoms with van der Waals surface area (Å²) in [7, 11) is 0. The van der Waals surface area contributed by atoms with E-state index in [4.69, 9.17) is 4.74 Å². The second-order valence-corrected chi connectivity index (χ2v) is 11.2. The van der Waals surface area contributed by atoms with Gasteiger partial charge in [0.1, 0.15) is 5.82 Å². The zero-order valence-electron chi connectivity index (χ0n) is 21.8. The van der Waals surface area contributed by atoms with Crippen molar-refractivity contribution < 1.29 is 27.1 Å². The summed E-state index contributed by atoms with van der Waals surface area (Å²) in [5, 5.41) is 0. The van der Waals surface area contributed by atoms with E-state index in [1.165, 1.54) is 6.07 Å². The Morgan fingerprint density at radius 3 is 2.39 bits per heavy atom. The van der Waals surface area contributed by atoms with Crippen molar-refractivity contribution in [3.63, 3.8) is 0 Å². The Kier molecular flexibility index (Phi) is 7.67. The average Bonchev–Trinajstić information content (AvgIpc) is 3.30. The highest BCUT2D eigenvalue weighted by atomic mass is 19.4. The maximum absolute atomic E-state index is 14.9. The lowest BCUT2D eigenvalue weighted by atomic mass is 9.67. The number of pyridine rings is 1. The van der Waals surface area contributed by atoms with Crippen LogP contribution in [-0.4, -0.2) is 65.7 Å². The fraction of sp³-hybridized carbons (Fsp3) is 0.586. The molecule has 0 N–H and O–H groups in total. The van der Waals surface area contributed by atoms with Gasteiger partial charge in [0.05, 0.1) is 12.0 Å². The highest BCUT2D eigenvalue weighted by Gasteiger charge is 2.58. The number of alkyl halides is 3. The minimum absolute atomic E-state index is 0.107. The van der Waals surface area contributed by atoms with Gasteiger partial charge in [-0.1, -0.05) is 12.5 Å². The second kappa shape index (κ2) is 10.8. The quantitative estimate of drug-likeness (QED) is 0.390. The van der Waals surface area contributed by atoms with Gasteiger partial charge in [0.2, 0.25) is 5.88 Å². The van der Waals surface area contributed by atoms with Gasteiger partial charge in [-0.15, -0.1) is 0 Å². The number of likely N-dealkylation sites (tertiary alicyclic amines) is 2. The van der Waals surface area contributed by atoms with E-state index in [1.807, 2.05) is 11.8 Å². The Morgan fingerprint density at radius 1 is 1.08 bits per heavy atom. The van der Waals surface area contributed by atoms with Crippen LogP contribution in [0.3, 0.4) is 0 Å². The molecule has 2 aromatic rings. The first-order valence-corrected chi connectivity index (χ1v) is 13.6. The largest absolute Gasteiger partial charge is 0.477 e. The number of benzene rings is 1. The molecule has 1 atom stereocenters. The highest BCUT2D eigenvalue weighted by molar-refractivity contribution is 5.95. The predicted molar refractivity (Wildman–Crippen MR) is 136 cm³/mol. The fourth-order valence-corrected chi connectivity index (χ4v) is 5.99. The first-order chi connectivity index (χ1) is 18.1. The summed E-state index contributed by atoms with van der Waals surface area (Å²) < 4.78 is 61.2. The topological polar surface area (TPSA) is 45.7 Å². The molecule has 1 aromatic heterocycles. The molecule has 2 aliphatic heterocycles. The lowest BCUT2D eigenvalue weighted by Gasteiger charge is -2.47. The molecule has 3 heterocycles. The zero-order chi connectivity index (χ0) is 26.9. The van der Waals surface area contributed by atoms with Crippen molar-refractivity contribution in [1.29, 1.82) is 0 Å². The number of hydrogen-bond donors (Lipinski definition) is 0. The third kappa shape index (κ3) is 5.53. The van der Waals surface area contributed by atoms with E-state index in [1.54, 1.807) is 35.4 Å². The number of rotatable bonds is 7. The number of nitrogens with zero attached hydrogens (tertiary/aromatic N) is 3. The molecule has 5 rings (SSSR count). The second-order valence-electron chi connectivity index (χ2n) is 11.2. The minimum atomic E-state index is -4.13. The molecule has 38 heavy (non-hydrogen) atoms. The van der Waals surface area contributed by atoms with Crippen molar-refractivity contribution in [1.82, 2.24) is 14.8 Å². The summed E-state index contributed by atoms with van der Waals surface area (Å²) in [4.78, 5) is 20.8. The molecule has 9 heteroatoms. The molecule has 1 amide bonds. The van der Waals surface area contributed by atoms with Crippen LogP contribution in [0.1, 0.15) is 62.2 Å². The Bertz CT molecular complexity index is 1130. The normalized spacial score (nSPS) is 22.3. The van der Waals surface area contributed by atoms with E-state index >= 15 is 0 Å². The summed E-state index contributed by atoms with van der Waals surface area (Å²) in [6.45, 7) is 4.56. The maximum atomic E-state index is 14.9. The van der Waals surface area contributed by atoms with E-state index in [0.29, 0.717) is 55.2 Å². The van der Waals surface area contributed by atoms with Crippen molar-refractivity contribution in [2.24, 2.45) is 11.3 Å². The number of hydrogen-bond acceptors (Lipinski definition) is 4. The van der Waals surface area contributed by atoms with Crippen LogP contribution in [0.5, 0.6) is 5.88 Å².